The molecule has 5 rings (SSSR count). The van der Waals surface area contributed by atoms with Gasteiger partial charge in [-0.3, -0.25) is 0 Å². The first kappa shape index (κ1) is 25.5. The summed E-state index contributed by atoms with van der Waals surface area (Å²) in [4.78, 5) is 13.5. The Kier molecular flexibility index (Phi) is 7.68. The second-order valence-corrected chi connectivity index (χ2v) is 9.44. The fourth-order valence-corrected chi connectivity index (χ4v) is 4.62. The number of rotatable bonds is 12. The van der Waals surface area contributed by atoms with Crippen molar-refractivity contribution in [2.75, 3.05) is 26.9 Å². The van der Waals surface area contributed by atoms with Crippen LogP contribution < -0.4 is 14.2 Å². The van der Waals surface area contributed by atoms with E-state index in [-0.39, 0.29) is 12.6 Å². The number of hydrogen-bond acceptors (Lipinski definition) is 5. The summed E-state index contributed by atoms with van der Waals surface area (Å²) in [6.07, 6.45) is 4.19. The molecule has 1 aliphatic rings. The Morgan fingerprint density at radius 1 is 1.00 bits per heavy atom. The molecule has 6 heteroatoms. The van der Waals surface area contributed by atoms with Crippen molar-refractivity contribution in [2.45, 2.75) is 26.3 Å². The van der Waals surface area contributed by atoms with Gasteiger partial charge in [0.25, 0.3) is 0 Å². The van der Waals surface area contributed by atoms with E-state index in [0.29, 0.717) is 30.5 Å². The first-order chi connectivity index (χ1) is 18.6. The summed E-state index contributed by atoms with van der Waals surface area (Å²) in [6.45, 7) is 7.46. The van der Waals surface area contributed by atoms with Crippen molar-refractivity contribution in [3.8, 4) is 28.4 Å². The summed E-state index contributed by atoms with van der Waals surface area (Å²) >= 11 is 0. The Bertz CT molecular complexity index is 1430. The summed E-state index contributed by atoms with van der Waals surface area (Å²) in [5.74, 6) is 2.60. The van der Waals surface area contributed by atoms with Gasteiger partial charge in [-0.05, 0) is 79.3 Å². The quantitative estimate of drug-likeness (QED) is 0.153. The number of methoxy groups -OCH3 is 1. The molecule has 0 spiro atoms. The van der Waals surface area contributed by atoms with Crippen molar-refractivity contribution in [1.82, 2.24) is 4.57 Å². The van der Waals surface area contributed by atoms with Gasteiger partial charge in [0.15, 0.2) is 0 Å². The van der Waals surface area contributed by atoms with Crippen LogP contribution in [-0.2, 0) is 11.3 Å². The van der Waals surface area contributed by atoms with Gasteiger partial charge in [0.1, 0.15) is 29.5 Å². The maximum absolute atomic E-state index is 13.5. The number of hydrogen-bond donors (Lipinski definition) is 0. The van der Waals surface area contributed by atoms with Crippen LogP contribution >= 0.6 is 0 Å². The SMILES string of the molecule is C=CCOc1ccc2c(c1)c(-c1ccc(OCC3CC3)cc1)c(C(=O)OCC)n2Cc1cccc(OC)c1. The minimum atomic E-state index is -0.371. The molecule has 1 aromatic heterocycles. The van der Waals surface area contributed by atoms with Crippen molar-refractivity contribution in [2.24, 2.45) is 5.92 Å². The van der Waals surface area contributed by atoms with E-state index in [0.717, 1.165) is 45.7 Å². The van der Waals surface area contributed by atoms with Gasteiger partial charge < -0.3 is 23.5 Å². The summed E-state index contributed by atoms with van der Waals surface area (Å²) in [5, 5.41) is 0.907. The highest BCUT2D eigenvalue weighted by Crippen LogP contribution is 2.39. The van der Waals surface area contributed by atoms with E-state index in [1.807, 2.05) is 78.2 Å². The van der Waals surface area contributed by atoms with E-state index >= 15 is 0 Å². The first-order valence-electron chi connectivity index (χ1n) is 13.0. The molecule has 1 fully saturated rings. The number of nitrogens with zero attached hydrogens (tertiary/aromatic N) is 1. The normalized spacial score (nSPS) is 12.8. The van der Waals surface area contributed by atoms with Gasteiger partial charge in [-0.15, -0.1) is 0 Å². The van der Waals surface area contributed by atoms with Crippen molar-refractivity contribution in [1.29, 1.82) is 0 Å². The van der Waals surface area contributed by atoms with E-state index < -0.39 is 0 Å². The van der Waals surface area contributed by atoms with Gasteiger partial charge in [0, 0.05) is 23.0 Å². The van der Waals surface area contributed by atoms with Crippen LogP contribution in [0.1, 0.15) is 35.8 Å². The Labute approximate surface area is 223 Å². The van der Waals surface area contributed by atoms with Crippen molar-refractivity contribution in [3.63, 3.8) is 0 Å². The lowest BCUT2D eigenvalue weighted by atomic mass is 10.0. The standard InChI is InChI=1S/C32H33NO5/c1-4-17-37-27-15-16-29-28(19-27)30(24-11-13-25(14-12-24)38-21-22-9-10-22)31(32(34)36-5-2)33(29)20-23-7-6-8-26(18-23)35-3/h4,6-8,11-16,18-19,22H,1,5,9-10,17,20-21H2,2-3H3. The van der Waals surface area contributed by atoms with Crippen LogP contribution in [0.4, 0.5) is 0 Å². The zero-order valence-corrected chi connectivity index (χ0v) is 21.9. The number of fused-ring (bicyclic) bond motifs is 1. The molecule has 6 nitrogen and oxygen atoms in total. The molecule has 0 saturated heterocycles. The molecule has 3 aromatic carbocycles. The van der Waals surface area contributed by atoms with E-state index in [1.165, 1.54) is 12.8 Å². The second-order valence-electron chi connectivity index (χ2n) is 9.44. The Balaban J connectivity index is 1.66. The molecule has 0 atom stereocenters. The Hall–Kier alpha value is -4.19. The fraction of sp³-hybridized carbons (Fsp3) is 0.281. The summed E-state index contributed by atoms with van der Waals surface area (Å²) in [7, 11) is 1.65. The third-order valence-corrected chi connectivity index (χ3v) is 6.67. The first-order valence-corrected chi connectivity index (χ1v) is 13.0. The third-order valence-electron chi connectivity index (χ3n) is 6.67. The number of carbonyl (C=O) groups is 1. The van der Waals surface area contributed by atoms with Gasteiger partial charge >= 0.3 is 5.97 Å². The second kappa shape index (κ2) is 11.5. The number of ether oxygens (including phenoxy) is 4. The zero-order chi connectivity index (χ0) is 26.5. The molecule has 38 heavy (non-hydrogen) atoms. The van der Waals surface area contributed by atoms with Gasteiger partial charge in [0.2, 0.25) is 0 Å². The van der Waals surface area contributed by atoms with Crippen LogP contribution in [0.2, 0.25) is 0 Å². The molecule has 196 valence electrons. The molecule has 0 unspecified atom stereocenters. The zero-order valence-electron chi connectivity index (χ0n) is 21.9. The highest BCUT2D eigenvalue weighted by molar-refractivity contribution is 6.09. The molecular weight excluding hydrogens is 478 g/mol. The van der Waals surface area contributed by atoms with Crippen LogP contribution in [0.5, 0.6) is 17.2 Å². The largest absolute Gasteiger partial charge is 0.497 e. The van der Waals surface area contributed by atoms with Gasteiger partial charge in [-0.1, -0.05) is 36.9 Å². The van der Waals surface area contributed by atoms with Crippen molar-refractivity contribution < 1.29 is 23.7 Å². The van der Waals surface area contributed by atoms with Crippen LogP contribution in [0.3, 0.4) is 0 Å². The summed E-state index contributed by atoms with van der Waals surface area (Å²) in [6, 6.07) is 21.7. The van der Waals surface area contributed by atoms with E-state index in [1.54, 1.807) is 13.2 Å². The molecule has 0 bridgehead atoms. The molecule has 0 N–H and O–H groups in total. The van der Waals surface area contributed by atoms with E-state index in [4.69, 9.17) is 18.9 Å². The lowest BCUT2D eigenvalue weighted by Crippen LogP contribution is -2.14. The number of carbonyl (C=O) groups excluding carboxylic acids is 1. The van der Waals surface area contributed by atoms with Crippen LogP contribution in [0.15, 0.2) is 79.4 Å². The molecule has 0 aliphatic heterocycles. The smallest absolute Gasteiger partial charge is 0.355 e. The topological polar surface area (TPSA) is 58.9 Å². The number of benzene rings is 3. The lowest BCUT2D eigenvalue weighted by Gasteiger charge is -2.13. The minimum absolute atomic E-state index is 0.278. The highest BCUT2D eigenvalue weighted by atomic mass is 16.5. The molecule has 0 amide bonds. The molecule has 0 radical (unpaired) electrons. The Morgan fingerprint density at radius 3 is 2.50 bits per heavy atom. The molecule has 1 aliphatic carbocycles. The number of aromatic nitrogens is 1. The molecule has 4 aromatic rings. The van der Waals surface area contributed by atoms with E-state index in [2.05, 4.69) is 6.58 Å². The predicted molar refractivity (Wildman–Crippen MR) is 149 cm³/mol. The minimum Gasteiger partial charge on any atom is -0.497 e. The van der Waals surface area contributed by atoms with Crippen molar-refractivity contribution in [3.05, 3.63) is 90.6 Å². The summed E-state index contributed by atoms with van der Waals surface area (Å²) < 4.78 is 24.9. The predicted octanol–water partition coefficient (Wildman–Crippen LogP) is 6.90. The summed E-state index contributed by atoms with van der Waals surface area (Å²) in [5.41, 5.74) is 4.12. The van der Waals surface area contributed by atoms with Gasteiger partial charge in [-0.25, -0.2) is 4.79 Å². The maximum Gasteiger partial charge on any atom is 0.355 e. The average molecular weight is 512 g/mol. The van der Waals surface area contributed by atoms with Crippen LogP contribution in [0, 0.1) is 5.92 Å². The number of esters is 1. The molecule has 1 heterocycles. The lowest BCUT2D eigenvalue weighted by molar-refractivity contribution is 0.0516. The Morgan fingerprint density at radius 2 is 1.79 bits per heavy atom. The third kappa shape index (κ3) is 5.54. The molecular formula is C32H33NO5. The van der Waals surface area contributed by atoms with Crippen molar-refractivity contribution >= 4 is 16.9 Å². The monoisotopic (exact) mass is 511 g/mol. The van der Waals surface area contributed by atoms with Crippen LogP contribution in [-0.4, -0.2) is 37.5 Å². The van der Waals surface area contributed by atoms with Crippen LogP contribution in [0.25, 0.3) is 22.0 Å². The molecule has 1 saturated carbocycles. The fourth-order valence-electron chi connectivity index (χ4n) is 4.62. The highest BCUT2D eigenvalue weighted by Gasteiger charge is 2.26. The van der Waals surface area contributed by atoms with E-state index in [9.17, 15) is 4.79 Å². The van der Waals surface area contributed by atoms with Gasteiger partial charge in [-0.2, -0.15) is 0 Å². The average Bonchev–Trinajstić information content (AvgIpc) is 3.73. The maximum atomic E-state index is 13.5. The van der Waals surface area contributed by atoms with Gasteiger partial charge in [0.05, 0.1) is 20.3 Å².